The first-order valence-electron chi connectivity index (χ1n) is 6.13. The Labute approximate surface area is 106 Å². The monoisotopic (exact) mass is 241 g/mol. The van der Waals surface area contributed by atoms with Crippen molar-refractivity contribution in [3.05, 3.63) is 64.1 Å². The van der Waals surface area contributed by atoms with Crippen LogP contribution in [0.25, 0.3) is 0 Å². The van der Waals surface area contributed by atoms with Crippen LogP contribution in [0.15, 0.2) is 47.4 Å². The number of aryl methyl sites for hydroxylation is 1. The van der Waals surface area contributed by atoms with E-state index >= 15 is 0 Å². The predicted octanol–water partition coefficient (Wildman–Crippen LogP) is 2.33. The molecule has 1 aromatic carbocycles. The number of aromatic nitrogens is 1. The first-order chi connectivity index (χ1) is 8.75. The zero-order chi connectivity index (χ0) is 12.5. The fourth-order valence-corrected chi connectivity index (χ4v) is 2.42. The number of hydrogen-bond acceptors (Lipinski definition) is 2. The summed E-state index contributed by atoms with van der Waals surface area (Å²) >= 11 is 0. The van der Waals surface area contributed by atoms with Gasteiger partial charge in [-0.3, -0.25) is 4.79 Å². The summed E-state index contributed by atoms with van der Waals surface area (Å²) in [5.41, 5.74) is 2.07. The van der Waals surface area contributed by atoms with Crippen molar-refractivity contribution in [1.82, 2.24) is 4.57 Å². The van der Waals surface area contributed by atoms with Gasteiger partial charge in [-0.1, -0.05) is 24.3 Å². The second kappa shape index (κ2) is 4.33. The Kier molecular flexibility index (Phi) is 2.67. The van der Waals surface area contributed by atoms with Gasteiger partial charge in [-0.15, -0.1) is 0 Å². The summed E-state index contributed by atoms with van der Waals surface area (Å²) in [5.74, 6) is 1.21. The molecule has 1 aliphatic heterocycles. The SMILES string of the molecule is Cc1cccn(CC2COc3ccccc32)c1=O. The first-order valence-corrected chi connectivity index (χ1v) is 6.13. The Morgan fingerprint density at radius 3 is 3.00 bits per heavy atom. The molecule has 0 saturated carbocycles. The number of nitrogens with zero attached hydrogens (tertiary/aromatic N) is 1. The third-order valence-electron chi connectivity index (χ3n) is 3.43. The second-order valence-corrected chi connectivity index (χ2v) is 4.69. The number of fused-ring (bicyclic) bond motifs is 1. The van der Waals surface area contributed by atoms with Crippen LogP contribution in [0.4, 0.5) is 0 Å². The Morgan fingerprint density at radius 1 is 1.28 bits per heavy atom. The average Bonchev–Trinajstić information content (AvgIpc) is 2.79. The minimum absolute atomic E-state index is 0.0851. The third-order valence-corrected chi connectivity index (χ3v) is 3.43. The number of benzene rings is 1. The summed E-state index contributed by atoms with van der Waals surface area (Å²) in [5, 5.41) is 0. The highest BCUT2D eigenvalue weighted by molar-refractivity contribution is 5.39. The summed E-state index contributed by atoms with van der Waals surface area (Å²) in [7, 11) is 0. The normalized spacial score (nSPS) is 17.3. The zero-order valence-corrected chi connectivity index (χ0v) is 10.3. The minimum Gasteiger partial charge on any atom is -0.493 e. The maximum absolute atomic E-state index is 12.0. The van der Waals surface area contributed by atoms with Gasteiger partial charge in [0.2, 0.25) is 0 Å². The zero-order valence-electron chi connectivity index (χ0n) is 10.3. The van der Waals surface area contributed by atoms with Crippen molar-refractivity contribution in [2.75, 3.05) is 6.61 Å². The van der Waals surface area contributed by atoms with Crippen LogP contribution in [0.5, 0.6) is 5.75 Å². The summed E-state index contributed by atoms with van der Waals surface area (Å²) in [6.07, 6.45) is 1.84. The van der Waals surface area contributed by atoms with Gasteiger partial charge in [0.05, 0.1) is 6.61 Å². The Morgan fingerprint density at radius 2 is 2.11 bits per heavy atom. The van der Waals surface area contributed by atoms with Gasteiger partial charge in [0.25, 0.3) is 5.56 Å². The smallest absolute Gasteiger partial charge is 0.253 e. The quantitative estimate of drug-likeness (QED) is 0.808. The molecule has 3 rings (SSSR count). The van der Waals surface area contributed by atoms with E-state index in [9.17, 15) is 4.79 Å². The number of rotatable bonds is 2. The number of pyridine rings is 1. The van der Waals surface area contributed by atoms with Gasteiger partial charge in [0, 0.05) is 29.8 Å². The van der Waals surface area contributed by atoms with Gasteiger partial charge in [-0.25, -0.2) is 0 Å². The van der Waals surface area contributed by atoms with E-state index in [-0.39, 0.29) is 11.5 Å². The van der Waals surface area contributed by atoms with Crippen molar-refractivity contribution in [1.29, 1.82) is 0 Å². The molecule has 1 aliphatic rings. The van der Waals surface area contributed by atoms with Gasteiger partial charge in [-0.2, -0.15) is 0 Å². The lowest BCUT2D eigenvalue weighted by molar-refractivity contribution is 0.318. The van der Waals surface area contributed by atoms with Gasteiger partial charge in [0.1, 0.15) is 5.75 Å². The van der Waals surface area contributed by atoms with Crippen LogP contribution < -0.4 is 10.3 Å². The standard InChI is InChI=1S/C15H15NO2/c1-11-5-4-8-16(15(11)17)9-12-10-18-14-7-3-2-6-13(12)14/h2-8,12H,9-10H2,1H3. The van der Waals surface area contributed by atoms with Crippen LogP contribution in [-0.4, -0.2) is 11.2 Å². The molecule has 18 heavy (non-hydrogen) atoms. The second-order valence-electron chi connectivity index (χ2n) is 4.69. The molecule has 3 heteroatoms. The van der Waals surface area contributed by atoms with Crippen LogP contribution in [0, 0.1) is 6.92 Å². The molecule has 0 aliphatic carbocycles. The van der Waals surface area contributed by atoms with Crippen LogP contribution in [0.3, 0.4) is 0 Å². The summed E-state index contributed by atoms with van der Waals surface area (Å²) in [6, 6.07) is 11.8. The van der Waals surface area contributed by atoms with Crippen molar-refractivity contribution in [2.24, 2.45) is 0 Å². The molecule has 1 atom stereocenters. The third kappa shape index (κ3) is 1.82. The van der Waals surface area contributed by atoms with Crippen molar-refractivity contribution < 1.29 is 4.74 Å². The van der Waals surface area contributed by atoms with Crippen molar-refractivity contribution in [3.63, 3.8) is 0 Å². The largest absolute Gasteiger partial charge is 0.493 e. The molecule has 1 aromatic heterocycles. The van der Waals surface area contributed by atoms with Crippen LogP contribution >= 0.6 is 0 Å². The molecule has 0 bridgehead atoms. The van der Waals surface area contributed by atoms with Crippen molar-refractivity contribution >= 4 is 0 Å². The van der Waals surface area contributed by atoms with E-state index in [0.717, 1.165) is 11.3 Å². The van der Waals surface area contributed by atoms with E-state index < -0.39 is 0 Å². The topological polar surface area (TPSA) is 31.2 Å². The van der Waals surface area contributed by atoms with Gasteiger partial charge in [0.15, 0.2) is 0 Å². The molecular weight excluding hydrogens is 226 g/mol. The average molecular weight is 241 g/mol. The predicted molar refractivity (Wildman–Crippen MR) is 70.1 cm³/mol. The lowest BCUT2D eigenvalue weighted by Crippen LogP contribution is -2.24. The van der Waals surface area contributed by atoms with Gasteiger partial charge >= 0.3 is 0 Å². The van der Waals surface area contributed by atoms with E-state index in [1.807, 2.05) is 43.5 Å². The Balaban J connectivity index is 1.91. The van der Waals surface area contributed by atoms with Gasteiger partial charge < -0.3 is 9.30 Å². The molecule has 0 fully saturated rings. The van der Waals surface area contributed by atoms with Gasteiger partial charge in [-0.05, 0) is 19.1 Å². The molecule has 92 valence electrons. The molecule has 2 heterocycles. The number of para-hydroxylation sites is 1. The summed E-state index contributed by atoms with van der Waals surface area (Å²) in [6.45, 7) is 3.18. The van der Waals surface area contributed by atoms with E-state index in [1.54, 1.807) is 4.57 Å². The molecule has 0 radical (unpaired) electrons. The molecule has 0 spiro atoms. The first kappa shape index (κ1) is 11.1. The molecule has 2 aromatic rings. The highest BCUT2D eigenvalue weighted by Gasteiger charge is 2.24. The fraction of sp³-hybridized carbons (Fsp3) is 0.267. The van der Waals surface area contributed by atoms with E-state index in [1.165, 1.54) is 5.56 Å². The molecular formula is C15H15NO2. The lowest BCUT2D eigenvalue weighted by Gasteiger charge is -2.11. The van der Waals surface area contributed by atoms with E-state index in [2.05, 4.69) is 6.07 Å². The molecule has 0 amide bonds. The minimum atomic E-state index is 0.0851. The summed E-state index contributed by atoms with van der Waals surface area (Å²) < 4.78 is 7.41. The highest BCUT2D eigenvalue weighted by atomic mass is 16.5. The maximum atomic E-state index is 12.0. The van der Waals surface area contributed by atoms with Crippen LogP contribution in [0.2, 0.25) is 0 Å². The van der Waals surface area contributed by atoms with E-state index in [4.69, 9.17) is 4.74 Å². The van der Waals surface area contributed by atoms with Crippen molar-refractivity contribution in [3.8, 4) is 5.75 Å². The number of hydrogen-bond donors (Lipinski definition) is 0. The lowest BCUT2D eigenvalue weighted by atomic mass is 10.0. The molecule has 3 nitrogen and oxygen atoms in total. The molecule has 0 saturated heterocycles. The molecule has 1 unspecified atom stereocenters. The van der Waals surface area contributed by atoms with E-state index in [0.29, 0.717) is 13.2 Å². The van der Waals surface area contributed by atoms with Crippen molar-refractivity contribution in [2.45, 2.75) is 19.4 Å². The molecule has 0 N–H and O–H groups in total. The van der Waals surface area contributed by atoms with Crippen LogP contribution in [-0.2, 0) is 6.54 Å². The van der Waals surface area contributed by atoms with Crippen LogP contribution in [0.1, 0.15) is 17.0 Å². The Bertz CT molecular complexity index is 630. The fourth-order valence-electron chi connectivity index (χ4n) is 2.42. The number of ether oxygens (including phenoxy) is 1. The highest BCUT2D eigenvalue weighted by Crippen LogP contribution is 2.34. The maximum Gasteiger partial charge on any atom is 0.253 e. The summed E-state index contributed by atoms with van der Waals surface area (Å²) in [4.78, 5) is 12.0. The Hall–Kier alpha value is -2.03.